The summed E-state index contributed by atoms with van der Waals surface area (Å²) < 4.78 is 7.03. The van der Waals surface area contributed by atoms with E-state index in [-0.39, 0.29) is 23.7 Å². The molecule has 1 aliphatic rings. The number of fused-ring (bicyclic) bond motifs is 1. The zero-order chi connectivity index (χ0) is 26.0. The van der Waals surface area contributed by atoms with E-state index in [0.29, 0.717) is 35.3 Å². The highest BCUT2D eigenvalue weighted by molar-refractivity contribution is 6.32. The number of ether oxygens (including phenoxy) is 1. The zero-order valence-electron chi connectivity index (χ0n) is 21.4. The molecular weight excluding hydrogens is 480 g/mol. The summed E-state index contributed by atoms with van der Waals surface area (Å²) >= 11 is 6.44. The van der Waals surface area contributed by atoms with Crippen LogP contribution in [-0.4, -0.2) is 63.5 Å². The summed E-state index contributed by atoms with van der Waals surface area (Å²) in [5.74, 6) is 1.22. The van der Waals surface area contributed by atoms with E-state index in [9.17, 15) is 9.59 Å². The Balaban J connectivity index is 1.58. The summed E-state index contributed by atoms with van der Waals surface area (Å²) in [4.78, 5) is 38.2. The highest BCUT2D eigenvalue weighted by atomic mass is 35.5. The summed E-state index contributed by atoms with van der Waals surface area (Å²) in [7, 11) is 1.68. The molecule has 1 aromatic carbocycles. The number of anilines is 3. The molecule has 9 nitrogen and oxygen atoms in total. The monoisotopic (exact) mass is 512 g/mol. The molecule has 0 amide bonds. The molecule has 0 radical (unpaired) electrons. The van der Waals surface area contributed by atoms with Gasteiger partial charge in [-0.05, 0) is 45.0 Å². The number of hydrogen-bond donors (Lipinski definition) is 1. The minimum Gasteiger partial charge on any atom is -0.480 e. The third kappa shape index (κ3) is 5.47. The van der Waals surface area contributed by atoms with Crippen molar-refractivity contribution in [3.05, 3.63) is 45.8 Å². The summed E-state index contributed by atoms with van der Waals surface area (Å²) in [5, 5.41) is 4.49. The number of ketones is 1. The second-order valence-corrected chi connectivity index (χ2v) is 9.85. The number of piperazine rings is 1. The van der Waals surface area contributed by atoms with Crippen molar-refractivity contribution in [3.63, 3.8) is 0 Å². The predicted octanol–water partition coefficient (Wildman–Crippen LogP) is 4.00. The number of halogens is 1. The Morgan fingerprint density at radius 2 is 2.06 bits per heavy atom. The fourth-order valence-corrected chi connectivity index (χ4v) is 4.69. The first-order valence-electron chi connectivity index (χ1n) is 12.3. The van der Waals surface area contributed by atoms with Crippen LogP contribution < -0.4 is 20.5 Å². The second kappa shape index (κ2) is 10.8. The molecule has 1 aliphatic heterocycles. The molecule has 0 aliphatic carbocycles. The third-order valence-corrected chi connectivity index (χ3v) is 6.87. The Morgan fingerprint density at radius 3 is 2.75 bits per heavy atom. The average molecular weight is 513 g/mol. The minimum atomic E-state index is -0.289. The number of hydrogen-bond acceptors (Lipinski definition) is 8. The fourth-order valence-electron chi connectivity index (χ4n) is 4.55. The van der Waals surface area contributed by atoms with Gasteiger partial charge in [-0.2, -0.15) is 4.98 Å². The van der Waals surface area contributed by atoms with E-state index < -0.39 is 0 Å². The first kappa shape index (κ1) is 25.9. The Morgan fingerprint density at radius 1 is 1.28 bits per heavy atom. The van der Waals surface area contributed by atoms with Crippen LogP contribution >= 0.6 is 11.6 Å². The number of carbonyl (C=O) groups excluding carboxylic acids is 1. The molecule has 4 rings (SSSR count). The van der Waals surface area contributed by atoms with Gasteiger partial charge in [0.15, 0.2) is 17.4 Å². The van der Waals surface area contributed by atoms with E-state index in [1.807, 2.05) is 18.2 Å². The summed E-state index contributed by atoms with van der Waals surface area (Å²) in [6.07, 6.45) is 1.98. The van der Waals surface area contributed by atoms with Gasteiger partial charge >= 0.3 is 0 Å². The van der Waals surface area contributed by atoms with Crippen LogP contribution in [0.5, 0.6) is 5.75 Å². The molecule has 10 heteroatoms. The molecule has 1 unspecified atom stereocenters. The van der Waals surface area contributed by atoms with Crippen molar-refractivity contribution >= 4 is 45.7 Å². The Labute approximate surface area is 216 Å². The summed E-state index contributed by atoms with van der Waals surface area (Å²) in [6, 6.07) is 8.16. The Bertz CT molecular complexity index is 1330. The van der Waals surface area contributed by atoms with Crippen molar-refractivity contribution in [3.8, 4) is 5.75 Å². The number of Topliss-reactive ketones (excluding diaryl/α,β-unsaturated/α-hetero) is 1. The lowest BCUT2D eigenvalue weighted by molar-refractivity contribution is -0.120. The van der Waals surface area contributed by atoms with Crippen LogP contribution in [0.15, 0.2) is 35.3 Å². The van der Waals surface area contributed by atoms with E-state index in [2.05, 4.69) is 40.9 Å². The maximum absolute atomic E-state index is 12.6. The van der Waals surface area contributed by atoms with Gasteiger partial charge in [-0.15, -0.1) is 0 Å². The second-order valence-electron chi connectivity index (χ2n) is 9.45. The standard InChI is InChI=1S/C26H33ClN6O3/c1-6-20(34)15-36-23-12-18-11-19(7-8-22(18)31(5)25(23)35)29-24-21(27)13-28-26(30-24)32-9-10-33(16(2)3)17(4)14-32/h7-8,11-13,16-17H,6,9-10,14-15H2,1-5H3,(H,28,29,30). The van der Waals surface area contributed by atoms with Gasteiger partial charge in [-0.3, -0.25) is 14.5 Å². The summed E-state index contributed by atoms with van der Waals surface area (Å²) in [6.45, 7) is 10.9. The van der Waals surface area contributed by atoms with Crippen LogP contribution in [0.3, 0.4) is 0 Å². The third-order valence-electron chi connectivity index (χ3n) is 6.59. The lowest BCUT2D eigenvalue weighted by Crippen LogP contribution is -2.54. The smallest absolute Gasteiger partial charge is 0.293 e. The lowest BCUT2D eigenvalue weighted by Gasteiger charge is -2.42. The normalized spacial score (nSPS) is 16.5. The van der Waals surface area contributed by atoms with Gasteiger partial charge in [0.05, 0.1) is 11.7 Å². The SMILES string of the molecule is CCC(=O)COc1cc2cc(Nc3nc(N4CCN(C(C)C)C(C)C4)ncc3Cl)ccc2n(C)c1=O. The zero-order valence-corrected chi connectivity index (χ0v) is 22.2. The van der Waals surface area contributed by atoms with E-state index in [1.165, 1.54) is 4.57 Å². The van der Waals surface area contributed by atoms with E-state index in [0.717, 1.165) is 36.2 Å². The van der Waals surface area contributed by atoms with Gasteiger partial charge in [0.2, 0.25) is 5.95 Å². The molecular formula is C26H33ClN6O3. The van der Waals surface area contributed by atoms with Crippen molar-refractivity contribution in [1.29, 1.82) is 0 Å². The number of pyridine rings is 1. The van der Waals surface area contributed by atoms with Crippen molar-refractivity contribution in [2.24, 2.45) is 7.05 Å². The number of benzene rings is 1. The van der Waals surface area contributed by atoms with Crippen molar-refractivity contribution < 1.29 is 9.53 Å². The predicted molar refractivity (Wildman–Crippen MR) is 144 cm³/mol. The molecule has 0 spiro atoms. The van der Waals surface area contributed by atoms with Gasteiger partial charge in [0.25, 0.3) is 5.56 Å². The van der Waals surface area contributed by atoms with Crippen LogP contribution in [-0.2, 0) is 11.8 Å². The van der Waals surface area contributed by atoms with Gasteiger partial charge in [-0.1, -0.05) is 18.5 Å². The van der Waals surface area contributed by atoms with Gasteiger partial charge in [0, 0.05) is 56.3 Å². The van der Waals surface area contributed by atoms with Crippen molar-refractivity contribution in [1.82, 2.24) is 19.4 Å². The number of nitrogens with zero attached hydrogens (tertiary/aromatic N) is 5. The van der Waals surface area contributed by atoms with Crippen LogP contribution in [0, 0.1) is 0 Å². The van der Waals surface area contributed by atoms with E-state index >= 15 is 0 Å². The molecule has 192 valence electrons. The quantitative estimate of drug-likeness (QED) is 0.484. The first-order chi connectivity index (χ1) is 17.2. The molecule has 36 heavy (non-hydrogen) atoms. The molecule has 1 atom stereocenters. The fraction of sp³-hybridized carbons (Fsp3) is 0.462. The molecule has 0 bridgehead atoms. The number of aryl methyl sites for hydroxylation is 1. The number of aromatic nitrogens is 3. The highest BCUT2D eigenvalue weighted by Crippen LogP contribution is 2.28. The van der Waals surface area contributed by atoms with Crippen molar-refractivity contribution in [2.75, 3.05) is 36.5 Å². The molecule has 1 saturated heterocycles. The summed E-state index contributed by atoms with van der Waals surface area (Å²) in [5.41, 5.74) is 1.20. The molecule has 1 fully saturated rings. The van der Waals surface area contributed by atoms with Crippen LogP contribution in [0.25, 0.3) is 10.9 Å². The number of rotatable bonds is 8. The van der Waals surface area contributed by atoms with Gasteiger partial charge in [-0.25, -0.2) is 4.98 Å². The Kier molecular flexibility index (Phi) is 7.80. The number of carbonyl (C=O) groups is 1. The molecule has 3 heterocycles. The molecule has 2 aromatic heterocycles. The van der Waals surface area contributed by atoms with Gasteiger partial charge < -0.3 is 19.5 Å². The Hall–Kier alpha value is -3.17. The van der Waals surface area contributed by atoms with E-state index in [4.69, 9.17) is 21.3 Å². The largest absolute Gasteiger partial charge is 0.480 e. The van der Waals surface area contributed by atoms with Crippen LogP contribution in [0.4, 0.5) is 17.5 Å². The average Bonchev–Trinajstić information content (AvgIpc) is 2.86. The lowest BCUT2D eigenvalue weighted by atomic mass is 10.1. The van der Waals surface area contributed by atoms with E-state index in [1.54, 1.807) is 26.2 Å². The van der Waals surface area contributed by atoms with Crippen LogP contribution in [0.1, 0.15) is 34.1 Å². The maximum atomic E-state index is 12.6. The molecule has 3 aromatic rings. The highest BCUT2D eigenvalue weighted by Gasteiger charge is 2.27. The topological polar surface area (TPSA) is 92.6 Å². The van der Waals surface area contributed by atoms with Gasteiger partial charge in [0.1, 0.15) is 11.6 Å². The molecule has 1 N–H and O–H groups in total. The molecule has 0 saturated carbocycles. The van der Waals surface area contributed by atoms with Crippen molar-refractivity contribution in [2.45, 2.75) is 46.2 Å². The maximum Gasteiger partial charge on any atom is 0.293 e. The van der Waals surface area contributed by atoms with Crippen LogP contribution in [0.2, 0.25) is 5.02 Å². The minimum absolute atomic E-state index is 0.0678. The number of nitrogens with one attached hydrogen (secondary N) is 1. The first-order valence-corrected chi connectivity index (χ1v) is 12.6.